The van der Waals surface area contributed by atoms with Gasteiger partial charge in [0.15, 0.2) is 11.5 Å². The van der Waals surface area contributed by atoms with E-state index in [9.17, 15) is 0 Å². The summed E-state index contributed by atoms with van der Waals surface area (Å²) in [7, 11) is 0. The van der Waals surface area contributed by atoms with E-state index < -0.39 is 0 Å². The van der Waals surface area contributed by atoms with Gasteiger partial charge >= 0.3 is 0 Å². The summed E-state index contributed by atoms with van der Waals surface area (Å²) in [6, 6.07) is 0. The zero-order chi connectivity index (χ0) is 15.7. The summed E-state index contributed by atoms with van der Waals surface area (Å²) in [5, 5.41) is 4.55. The molecule has 0 saturated carbocycles. The predicted molar refractivity (Wildman–Crippen MR) is 86.4 cm³/mol. The van der Waals surface area contributed by atoms with Crippen molar-refractivity contribution in [1.29, 1.82) is 0 Å². The van der Waals surface area contributed by atoms with Crippen molar-refractivity contribution in [1.82, 2.24) is 29.1 Å². The molecule has 0 aliphatic carbocycles. The Hall–Kier alpha value is -2.76. The maximum absolute atomic E-state index is 4.57. The van der Waals surface area contributed by atoms with Crippen molar-refractivity contribution in [3.8, 4) is 0 Å². The van der Waals surface area contributed by atoms with Gasteiger partial charge in [0.25, 0.3) is 0 Å². The van der Waals surface area contributed by atoms with Crippen LogP contribution < -0.4 is 0 Å². The Balaban J connectivity index is 1.83. The highest BCUT2D eigenvalue weighted by Gasteiger charge is 2.10. The number of hydrogen-bond acceptors (Lipinski definition) is 4. The first kappa shape index (κ1) is 14.2. The van der Waals surface area contributed by atoms with Crippen LogP contribution in [-0.4, -0.2) is 29.1 Å². The number of rotatable bonds is 5. The predicted octanol–water partition coefficient (Wildman–Crippen LogP) is 2.47. The molecule has 6 nitrogen and oxygen atoms in total. The second-order valence-corrected chi connectivity index (χ2v) is 5.13. The van der Waals surface area contributed by atoms with E-state index in [-0.39, 0.29) is 0 Å². The Morgan fingerprint density at radius 3 is 2.64 bits per heavy atom. The average molecular weight is 294 g/mol. The lowest BCUT2D eigenvalue weighted by Gasteiger charge is -1.97. The van der Waals surface area contributed by atoms with Crippen molar-refractivity contribution in [2.45, 2.75) is 26.7 Å². The molecule has 0 radical (unpaired) electrons. The standard InChI is InChI=1S/C16H18N6/c1-5-15-18-13(10-21(15)6-2)7-8-14-19-16-12(4)17-9-11(3)22(16)20-14/h5-6,9-10H,1-2,7-8H2,3-4H3. The minimum absolute atomic E-state index is 0.727. The molecule has 0 bridgehead atoms. The van der Waals surface area contributed by atoms with Crippen LogP contribution in [0.15, 0.2) is 25.6 Å². The lowest BCUT2D eigenvalue weighted by molar-refractivity contribution is 0.808. The molecular weight excluding hydrogens is 276 g/mol. The summed E-state index contributed by atoms with van der Waals surface area (Å²) in [5.41, 5.74) is 3.65. The molecule has 0 aromatic carbocycles. The molecular formula is C16H18N6. The van der Waals surface area contributed by atoms with Crippen molar-refractivity contribution in [3.63, 3.8) is 0 Å². The number of nitrogens with zero attached hydrogens (tertiary/aromatic N) is 6. The van der Waals surface area contributed by atoms with Gasteiger partial charge in [-0.25, -0.2) is 14.5 Å². The molecule has 3 aromatic rings. The summed E-state index contributed by atoms with van der Waals surface area (Å²) < 4.78 is 3.70. The minimum Gasteiger partial charge on any atom is -0.307 e. The van der Waals surface area contributed by atoms with Crippen LogP contribution in [0.2, 0.25) is 0 Å². The number of aryl methyl sites for hydroxylation is 4. The van der Waals surface area contributed by atoms with Crippen molar-refractivity contribution < 1.29 is 0 Å². The van der Waals surface area contributed by atoms with Gasteiger partial charge in [0.2, 0.25) is 0 Å². The Morgan fingerprint density at radius 1 is 1.18 bits per heavy atom. The van der Waals surface area contributed by atoms with Gasteiger partial charge in [-0.2, -0.15) is 5.10 Å². The van der Waals surface area contributed by atoms with E-state index in [1.165, 1.54) is 0 Å². The van der Waals surface area contributed by atoms with E-state index in [1.54, 1.807) is 12.3 Å². The molecule has 0 spiro atoms. The van der Waals surface area contributed by atoms with Gasteiger partial charge < -0.3 is 4.57 Å². The smallest absolute Gasteiger partial charge is 0.177 e. The molecule has 0 fully saturated rings. The highest BCUT2D eigenvalue weighted by atomic mass is 15.3. The maximum atomic E-state index is 4.57. The quantitative estimate of drug-likeness (QED) is 0.725. The van der Waals surface area contributed by atoms with Gasteiger partial charge in [-0.3, -0.25) is 4.98 Å². The fraction of sp³-hybridized carbons (Fsp3) is 0.250. The van der Waals surface area contributed by atoms with Crippen molar-refractivity contribution in [3.05, 3.63) is 54.3 Å². The second kappa shape index (κ2) is 5.55. The molecule has 3 heterocycles. The summed E-state index contributed by atoms with van der Waals surface area (Å²) in [5.74, 6) is 1.59. The molecule has 112 valence electrons. The van der Waals surface area contributed by atoms with E-state index in [4.69, 9.17) is 0 Å². The van der Waals surface area contributed by atoms with E-state index >= 15 is 0 Å². The largest absolute Gasteiger partial charge is 0.307 e. The van der Waals surface area contributed by atoms with Gasteiger partial charge in [-0.1, -0.05) is 13.2 Å². The zero-order valence-corrected chi connectivity index (χ0v) is 12.8. The van der Waals surface area contributed by atoms with Gasteiger partial charge in [0.05, 0.1) is 17.1 Å². The first-order valence-electron chi connectivity index (χ1n) is 7.13. The van der Waals surface area contributed by atoms with Gasteiger partial charge in [-0.05, 0) is 26.3 Å². The average Bonchev–Trinajstić information content (AvgIpc) is 3.13. The normalized spacial score (nSPS) is 11.0. The molecule has 3 aromatic heterocycles. The third kappa shape index (κ3) is 2.43. The summed E-state index contributed by atoms with van der Waals surface area (Å²) in [6.45, 7) is 11.4. The molecule has 6 heteroatoms. The van der Waals surface area contributed by atoms with Crippen LogP contribution in [0.5, 0.6) is 0 Å². The highest BCUT2D eigenvalue weighted by Crippen LogP contribution is 2.11. The van der Waals surface area contributed by atoms with Crippen LogP contribution >= 0.6 is 0 Å². The maximum Gasteiger partial charge on any atom is 0.177 e. The minimum atomic E-state index is 0.727. The van der Waals surface area contributed by atoms with Gasteiger partial charge in [-0.15, -0.1) is 0 Å². The third-order valence-electron chi connectivity index (χ3n) is 3.55. The SMILES string of the molecule is C=Cc1nc(CCc2nc3c(C)ncc(C)n3n2)cn1C=C. The molecule has 0 N–H and O–H groups in total. The number of hydrogen-bond donors (Lipinski definition) is 0. The Morgan fingerprint density at radius 2 is 2.00 bits per heavy atom. The third-order valence-corrected chi connectivity index (χ3v) is 3.55. The fourth-order valence-corrected chi connectivity index (χ4v) is 2.36. The first-order valence-corrected chi connectivity index (χ1v) is 7.13. The van der Waals surface area contributed by atoms with Crippen LogP contribution in [0.25, 0.3) is 17.9 Å². The monoisotopic (exact) mass is 294 g/mol. The molecule has 0 unspecified atom stereocenters. The molecule has 0 amide bonds. The van der Waals surface area contributed by atoms with Crippen LogP contribution in [0, 0.1) is 13.8 Å². The zero-order valence-electron chi connectivity index (χ0n) is 12.8. The molecule has 0 aliphatic heterocycles. The highest BCUT2D eigenvalue weighted by molar-refractivity contribution is 5.44. The van der Waals surface area contributed by atoms with E-state index in [0.717, 1.165) is 47.2 Å². The van der Waals surface area contributed by atoms with Crippen LogP contribution in [-0.2, 0) is 12.8 Å². The van der Waals surface area contributed by atoms with Crippen molar-refractivity contribution >= 4 is 17.9 Å². The lowest BCUT2D eigenvalue weighted by atomic mass is 10.2. The molecule has 3 rings (SSSR count). The fourth-order valence-electron chi connectivity index (χ4n) is 2.36. The van der Waals surface area contributed by atoms with E-state index in [2.05, 4.69) is 33.2 Å². The Kier molecular flexibility index (Phi) is 3.58. The van der Waals surface area contributed by atoms with E-state index in [0.29, 0.717) is 0 Å². The molecule has 0 atom stereocenters. The summed E-state index contributed by atoms with van der Waals surface area (Å²) in [6.07, 6.45) is 8.69. The number of imidazole rings is 1. The summed E-state index contributed by atoms with van der Waals surface area (Å²) >= 11 is 0. The Labute approximate surface area is 128 Å². The van der Waals surface area contributed by atoms with Gasteiger partial charge in [0.1, 0.15) is 5.82 Å². The topological polar surface area (TPSA) is 60.9 Å². The first-order chi connectivity index (χ1) is 10.6. The van der Waals surface area contributed by atoms with Crippen LogP contribution in [0.4, 0.5) is 0 Å². The Bertz CT molecular complexity index is 791. The number of aromatic nitrogens is 6. The molecule has 0 saturated heterocycles. The van der Waals surface area contributed by atoms with Crippen molar-refractivity contribution in [2.24, 2.45) is 0 Å². The lowest BCUT2D eigenvalue weighted by Crippen LogP contribution is -1.98. The molecule has 22 heavy (non-hydrogen) atoms. The molecule has 0 aliphatic rings. The van der Waals surface area contributed by atoms with Crippen LogP contribution in [0.1, 0.15) is 28.7 Å². The van der Waals surface area contributed by atoms with Crippen LogP contribution in [0.3, 0.4) is 0 Å². The summed E-state index contributed by atoms with van der Waals surface area (Å²) in [4.78, 5) is 13.4. The van der Waals surface area contributed by atoms with E-state index in [1.807, 2.05) is 35.3 Å². The van der Waals surface area contributed by atoms with Gasteiger partial charge in [0, 0.05) is 25.0 Å². The van der Waals surface area contributed by atoms with Crippen molar-refractivity contribution in [2.75, 3.05) is 0 Å². The second-order valence-electron chi connectivity index (χ2n) is 5.13. The number of fused-ring (bicyclic) bond motifs is 1.